The van der Waals surface area contributed by atoms with Gasteiger partial charge in [-0.3, -0.25) is 13.9 Å². The number of aromatic amines is 1. The second-order valence-corrected chi connectivity index (χ2v) is 8.43. The van der Waals surface area contributed by atoms with Gasteiger partial charge in [0.05, 0.1) is 29.5 Å². The maximum Gasteiger partial charge on any atom is 0.329 e. The molecule has 6 nitrogen and oxygen atoms in total. The highest BCUT2D eigenvalue weighted by molar-refractivity contribution is 5.87. The Morgan fingerprint density at radius 2 is 1.83 bits per heavy atom. The molecule has 2 aromatic heterocycles. The summed E-state index contributed by atoms with van der Waals surface area (Å²) in [5.74, 6) is -0.611. The number of aliphatic carboxylic acids is 1. The van der Waals surface area contributed by atoms with Gasteiger partial charge in [0.25, 0.3) is 0 Å². The molecule has 5 rings (SSSR count). The first-order valence-electron chi connectivity index (χ1n) is 10.5. The lowest BCUT2D eigenvalue weighted by molar-refractivity contribution is -0.138. The molecule has 30 heavy (non-hydrogen) atoms. The van der Waals surface area contributed by atoms with E-state index in [1.165, 1.54) is 0 Å². The van der Waals surface area contributed by atoms with Gasteiger partial charge < -0.3 is 10.1 Å². The lowest BCUT2D eigenvalue weighted by Crippen LogP contribution is -2.31. The Balaban J connectivity index is 1.73. The van der Waals surface area contributed by atoms with Crippen molar-refractivity contribution in [2.75, 3.05) is 0 Å². The normalized spacial score (nSPS) is 16.2. The highest BCUT2D eigenvalue weighted by Crippen LogP contribution is 2.42. The van der Waals surface area contributed by atoms with Crippen LogP contribution in [0.3, 0.4) is 0 Å². The molecule has 0 radical (unpaired) electrons. The molecule has 1 saturated carbocycles. The fourth-order valence-electron chi connectivity index (χ4n) is 4.88. The maximum atomic E-state index is 13.7. The topological polar surface area (TPSA) is 80.0 Å². The molecule has 0 saturated heterocycles. The first-order chi connectivity index (χ1) is 14.5. The fraction of sp³-hybridized carbons (Fsp3) is 0.333. The lowest BCUT2D eigenvalue weighted by Gasteiger charge is -2.17. The SMILES string of the molecule is Cc1cccc2[nH]cc(C(C)n3c(=O)n(C(CC(=O)O)C4CC4)c4ccccc43)c12. The zero-order valence-corrected chi connectivity index (χ0v) is 17.1. The Labute approximate surface area is 173 Å². The molecule has 0 aliphatic heterocycles. The van der Waals surface area contributed by atoms with E-state index >= 15 is 0 Å². The van der Waals surface area contributed by atoms with Crippen molar-refractivity contribution in [1.82, 2.24) is 14.1 Å². The van der Waals surface area contributed by atoms with Gasteiger partial charge >= 0.3 is 11.7 Å². The van der Waals surface area contributed by atoms with Crippen LogP contribution in [0.1, 0.15) is 49.4 Å². The Kier molecular flexibility index (Phi) is 4.31. The molecule has 2 unspecified atom stereocenters. The molecule has 1 aliphatic rings. The van der Waals surface area contributed by atoms with Crippen molar-refractivity contribution in [2.24, 2.45) is 5.92 Å². The van der Waals surface area contributed by atoms with E-state index in [2.05, 4.69) is 18.0 Å². The number of hydrogen-bond donors (Lipinski definition) is 2. The molecule has 0 bridgehead atoms. The van der Waals surface area contributed by atoms with Crippen molar-refractivity contribution in [2.45, 2.75) is 45.2 Å². The number of rotatable bonds is 6. The van der Waals surface area contributed by atoms with E-state index in [1.807, 2.05) is 54.1 Å². The van der Waals surface area contributed by atoms with Crippen LogP contribution in [0.2, 0.25) is 0 Å². The number of fused-ring (bicyclic) bond motifs is 2. The number of H-pyrrole nitrogens is 1. The summed E-state index contributed by atoms with van der Waals surface area (Å²) in [5.41, 5.74) is 4.79. The number of carboxylic acids is 1. The van der Waals surface area contributed by atoms with Crippen LogP contribution in [0.15, 0.2) is 53.5 Å². The third-order valence-electron chi connectivity index (χ3n) is 6.48. The molecular weight excluding hydrogens is 378 g/mol. The van der Waals surface area contributed by atoms with Crippen LogP contribution in [0.5, 0.6) is 0 Å². The number of carboxylic acid groups (broad SMARTS) is 1. The van der Waals surface area contributed by atoms with Gasteiger partial charge in [-0.05, 0) is 56.4 Å². The minimum Gasteiger partial charge on any atom is -0.481 e. The summed E-state index contributed by atoms with van der Waals surface area (Å²) in [6.45, 7) is 4.12. The van der Waals surface area contributed by atoms with Gasteiger partial charge in [-0.25, -0.2) is 4.79 Å². The first kappa shape index (κ1) is 18.7. The summed E-state index contributed by atoms with van der Waals surface area (Å²) in [7, 11) is 0. The Morgan fingerprint density at radius 1 is 1.13 bits per heavy atom. The first-order valence-corrected chi connectivity index (χ1v) is 10.5. The third-order valence-corrected chi connectivity index (χ3v) is 6.48. The third kappa shape index (κ3) is 2.86. The zero-order valence-electron chi connectivity index (χ0n) is 17.1. The average molecular weight is 403 g/mol. The van der Waals surface area contributed by atoms with Crippen LogP contribution in [-0.2, 0) is 4.79 Å². The second-order valence-electron chi connectivity index (χ2n) is 8.43. The van der Waals surface area contributed by atoms with Crippen molar-refractivity contribution in [3.05, 3.63) is 70.3 Å². The van der Waals surface area contributed by atoms with E-state index in [1.54, 1.807) is 4.57 Å². The summed E-state index contributed by atoms with van der Waals surface area (Å²) in [6.07, 6.45) is 3.90. The predicted molar refractivity (Wildman–Crippen MR) is 117 cm³/mol. The van der Waals surface area contributed by atoms with Crippen molar-refractivity contribution < 1.29 is 9.90 Å². The summed E-state index contributed by atoms with van der Waals surface area (Å²) in [5, 5.41) is 10.6. The molecule has 154 valence electrons. The van der Waals surface area contributed by atoms with Crippen LogP contribution < -0.4 is 5.69 Å². The number of aryl methyl sites for hydroxylation is 1. The summed E-state index contributed by atoms with van der Waals surface area (Å²) in [4.78, 5) is 28.6. The van der Waals surface area contributed by atoms with Gasteiger partial charge in [-0.2, -0.15) is 0 Å². The molecular formula is C24H25N3O3. The summed E-state index contributed by atoms with van der Waals surface area (Å²) >= 11 is 0. The van der Waals surface area contributed by atoms with Crippen LogP contribution in [0.25, 0.3) is 21.9 Å². The van der Waals surface area contributed by atoms with E-state index in [0.29, 0.717) is 0 Å². The number of carbonyl (C=O) groups is 1. The molecule has 2 atom stereocenters. The fourth-order valence-corrected chi connectivity index (χ4v) is 4.88. The average Bonchev–Trinajstić information content (AvgIpc) is 3.39. The molecule has 2 heterocycles. The van der Waals surface area contributed by atoms with Gasteiger partial charge in [0.2, 0.25) is 0 Å². The van der Waals surface area contributed by atoms with Gasteiger partial charge in [0, 0.05) is 22.7 Å². The van der Waals surface area contributed by atoms with Crippen LogP contribution in [-0.4, -0.2) is 25.2 Å². The van der Waals surface area contributed by atoms with E-state index in [-0.39, 0.29) is 30.1 Å². The highest BCUT2D eigenvalue weighted by atomic mass is 16.4. The van der Waals surface area contributed by atoms with Crippen LogP contribution >= 0.6 is 0 Å². The largest absolute Gasteiger partial charge is 0.481 e. The van der Waals surface area contributed by atoms with Crippen molar-refractivity contribution in [3.8, 4) is 0 Å². The maximum absolute atomic E-state index is 13.7. The van der Waals surface area contributed by atoms with Gasteiger partial charge in [-0.1, -0.05) is 24.3 Å². The monoisotopic (exact) mass is 403 g/mol. The molecule has 6 heteroatoms. The summed E-state index contributed by atoms with van der Waals surface area (Å²) in [6, 6.07) is 13.4. The van der Waals surface area contributed by atoms with Crippen molar-refractivity contribution in [3.63, 3.8) is 0 Å². The van der Waals surface area contributed by atoms with Crippen LogP contribution in [0, 0.1) is 12.8 Å². The van der Waals surface area contributed by atoms with Crippen LogP contribution in [0.4, 0.5) is 0 Å². The smallest absolute Gasteiger partial charge is 0.329 e. The van der Waals surface area contributed by atoms with Gasteiger partial charge in [0.1, 0.15) is 0 Å². The molecule has 1 aliphatic carbocycles. The highest BCUT2D eigenvalue weighted by Gasteiger charge is 2.37. The minimum atomic E-state index is -0.865. The predicted octanol–water partition coefficient (Wildman–Crippen LogP) is 4.63. The zero-order chi connectivity index (χ0) is 21.0. The molecule has 2 N–H and O–H groups in total. The number of benzene rings is 2. The number of nitrogens with zero attached hydrogens (tertiary/aromatic N) is 2. The molecule has 4 aromatic rings. The van der Waals surface area contributed by atoms with E-state index in [4.69, 9.17) is 0 Å². The Morgan fingerprint density at radius 3 is 2.50 bits per heavy atom. The molecule has 0 amide bonds. The number of nitrogens with one attached hydrogen (secondary N) is 1. The van der Waals surface area contributed by atoms with Gasteiger partial charge in [-0.15, -0.1) is 0 Å². The number of hydrogen-bond acceptors (Lipinski definition) is 2. The quantitative estimate of drug-likeness (QED) is 0.493. The Bertz CT molecular complexity index is 1320. The lowest BCUT2D eigenvalue weighted by atomic mass is 10.0. The summed E-state index contributed by atoms with van der Waals surface area (Å²) < 4.78 is 3.56. The van der Waals surface area contributed by atoms with E-state index in [0.717, 1.165) is 45.9 Å². The number of para-hydroxylation sites is 2. The van der Waals surface area contributed by atoms with E-state index in [9.17, 15) is 14.7 Å². The molecule has 0 spiro atoms. The van der Waals surface area contributed by atoms with Gasteiger partial charge in [0.15, 0.2) is 0 Å². The number of imidazole rings is 1. The minimum absolute atomic E-state index is 0.0286. The number of aromatic nitrogens is 3. The van der Waals surface area contributed by atoms with Crippen molar-refractivity contribution >= 4 is 27.9 Å². The standard InChI is InChI=1S/C24H25N3O3/c1-14-6-5-7-18-23(14)17(13-25-18)15(2)26-19-8-3-4-9-20(19)27(24(26)30)21(12-22(28)29)16-10-11-16/h3-9,13,15-16,21,25H,10-12H2,1-2H3,(H,28,29). The molecule has 2 aromatic carbocycles. The van der Waals surface area contributed by atoms with E-state index < -0.39 is 5.97 Å². The molecule has 1 fully saturated rings. The Hall–Kier alpha value is -3.28. The van der Waals surface area contributed by atoms with Crippen molar-refractivity contribution in [1.29, 1.82) is 0 Å². The second kappa shape index (κ2) is 6.90.